The summed E-state index contributed by atoms with van der Waals surface area (Å²) in [5, 5.41) is 0. The van der Waals surface area contributed by atoms with E-state index in [0.29, 0.717) is 12.8 Å². The molecule has 0 bridgehead atoms. The second kappa shape index (κ2) is 5.58. The van der Waals surface area contributed by atoms with E-state index in [1.807, 2.05) is 31.2 Å². The molecule has 0 aliphatic rings. The standard InChI is InChI=1S/C9H12BrO2P/c1-2-12-13(11)7-8-4-3-5-9(10)6-8/h3-6,13H,2,7H2,1H3. The molecule has 4 heteroatoms. The molecule has 1 atom stereocenters. The number of halogens is 1. The Balaban J connectivity index is 2.58. The fourth-order valence-electron chi connectivity index (χ4n) is 1.03. The molecule has 2 nitrogen and oxygen atoms in total. The number of rotatable bonds is 4. The van der Waals surface area contributed by atoms with E-state index in [9.17, 15) is 4.57 Å². The molecule has 0 aromatic heterocycles. The van der Waals surface area contributed by atoms with Gasteiger partial charge in [-0.2, -0.15) is 0 Å². The van der Waals surface area contributed by atoms with Crippen molar-refractivity contribution >= 4 is 24.0 Å². The summed E-state index contributed by atoms with van der Waals surface area (Å²) in [5.41, 5.74) is 1.05. The molecule has 13 heavy (non-hydrogen) atoms. The van der Waals surface area contributed by atoms with Crippen molar-refractivity contribution in [2.24, 2.45) is 0 Å². The van der Waals surface area contributed by atoms with E-state index in [2.05, 4.69) is 15.9 Å². The highest BCUT2D eigenvalue weighted by Crippen LogP contribution is 2.28. The molecule has 0 spiro atoms. The van der Waals surface area contributed by atoms with Gasteiger partial charge in [-0.3, -0.25) is 4.57 Å². The summed E-state index contributed by atoms with van der Waals surface area (Å²) >= 11 is 3.36. The molecule has 0 radical (unpaired) electrons. The van der Waals surface area contributed by atoms with Crippen LogP contribution in [0, 0.1) is 0 Å². The largest absolute Gasteiger partial charge is 0.331 e. The Morgan fingerprint density at radius 1 is 1.54 bits per heavy atom. The van der Waals surface area contributed by atoms with Crippen molar-refractivity contribution in [3.05, 3.63) is 34.3 Å². The van der Waals surface area contributed by atoms with Gasteiger partial charge in [-0.1, -0.05) is 28.1 Å². The predicted molar refractivity (Wildman–Crippen MR) is 58.5 cm³/mol. The Morgan fingerprint density at radius 3 is 2.92 bits per heavy atom. The van der Waals surface area contributed by atoms with Gasteiger partial charge < -0.3 is 4.52 Å². The van der Waals surface area contributed by atoms with Gasteiger partial charge in [0.05, 0.1) is 6.61 Å². The highest BCUT2D eigenvalue weighted by molar-refractivity contribution is 9.10. The summed E-state index contributed by atoms with van der Waals surface area (Å²) in [6.07, 6.45) is 0.526. The topological polar surface area (TPSA) is 26.3 Å². The zero-order valence-corrected chi connectivity index (χ0v) is 10.0. The van der Waals surface area contributed by atoms with Crippen molar-refractivity contribution in [2.75, 3.05) is 6.61 Å². The van der Waals surface area contributed by atoms with Crippen LogP contribution in [-0.2, 0) is 15.3 Å². The minimum atomic E-state index is -1.88. The Labute approximate surface area is 87.3 Å². The molecule has 0 heterocycles. The van der Waals surface area contributed by atoms with Gasteiger partial charge in [0.2, 0.25) is 0 Å². The van der Waals surface area contributed by atoms with Gasteiger partial charge in [-0.25, -0.2) is 0 Å². The first-order valence-corrected chi connectivity index (χ1v) is 6.44. The highest BCUT2D eigenvalue weighted by atomic mass is 79.9. The quantitative estimate of drug-likeness (QED) is 0.777. The van der Waals surface area contributed by atoms with Gasteiger partial charge in [-0.05, 0) is 24.6 Å². The third kappa shape index (κ3) is 4.08. The molecular formula is C9H12BrO2P. The molecule has 1 rings (SSSR count). The number of hydrogen-bond donors (Lipinski definition) is 0. The Morgan fingerprint density at radius 2 is 2.31 bits per heavy atom. The van der Waals surface area contributed by atoms with Crippen LogP contribution in [0.2, 0.25) is 0 Å². The summed E-state index contributed by atoms with van der Waals surface area (Å²) in [4.78, 5) is 0. The van der Waals surface area contributed by atoms with Crippen molar-refractivity contribution in [2.45, 2.75) is 13.1 Å². The van der Waals surface area contributed by atoms with Gasteiger partial charge in [0.25, 0.3) is 0 Å². The Hall–Kier alpha value is -0.110. The maximum atomic E-state index is 11.3. The maximum Gasteiger partial charge on any atom is 0.195 e. The summed E-state index contributed by atoms with van der Waals surface area (Å²) in [6, 6.07) is 7.79. The fourth-order valence-corrected chi connectivity index (χ4v) is 2.45. The van der Waals surface area contributed by atoms with Crippen LogP contribution in [0.15, 0.2) is 28.7 Å². The molecular weight excluding hydrogens is 251 g/mol. The van der Waals surface area contributed by atoms with E-state index in [1.165, 1.54) is 0 Å². The third-order valence-electron chi connectivity index (χ3n) is 1.54. The first-order chi connectivity index (χ1) is 6.22. The van der Waals surface area contributed by atoms with Crippen LogP contribution < -0.4 is 0 Å². The SMILES string of the molecule is CCO[PH](=O)Cc1cccc(Br)c1. The molecule has 0 fully saturated rings. The minimum Gasteiger partial charge on any atom is -0.331 e. The molecule has 1 aromatic rings. The van der Waals surface area contributed by atoms with Gasteiger partial charge in [0, 0.05) is 10.6 Å². The summed E-state index contributed by atoms with van der Waals surface area (Å²) in [7, 11) is -1.88. The average Bonchev–Trinajstić information content (AvgIpc) is 2.04. The van der Waals surface area contributed by atoms with Crippen molar-refractivity contribution in [1.29, 1.82) is 0 Å². The average molecular weight is 263 g/mol. The van der Waals surface area contributed by atoms with Crippen LogP contribution in [0.1, 0.15) is 12.5 Å². The van der Waals surface area contributed by atoms with Crippen molar-refractivity contribution < 1.29 is 9.09 Å². The molecule has 0 N–H and O–H groups in total. The van der Waals surface area contributed by atoms with E-state index in [-0.39, 0.29) is 0 Å². The number of benzene rings is 1. The van der Waals surface area contributed by atoms with Crippen LogP contribution in [0.5, 0.6) is 0 Å². The minimum absolute atomic E-state index is 0.520. The third-order valence-corrected chi connectivity index (χ3v) is 3.34. The molecule has 72 valence electrons. The lowest BCUT2D eigenvalue weighted by Gasteiger charge is -2.02. The Bertz CT molecular complexity index is 301. The molecule has 0 aliphatic heterocycles. The normalized spacial score (nSPS) is 12.8. The van der Waals surface area contributed by atoms with Crippen LogP contribution in [-0.4, -0.2) is 6.61 Å². The van der Waals surface area contributed by atoms with E-state index in [4.69, 9.17) is 4.52 Å². The predicted octanol–water partition coefficient (Wildman–Crippen LogP) is 3.46. The van der Waals surface area contributed by atoms with E-state index in [0.717, 1.165) is 10.0 Å². The van der Waals surface area contributed by atoms with Gasteiger partial charge in [0.1, 0.15) is 0 Å². The summed E-state index contributed by atoms with van der Waals surface area (Å²) < 4.78 is 17.3. The fraction of sp³-hybridized carbons (Fsp3) is 0.333. The zero-order chi connectivity index (χ0) is 9.68. The van der Waals surface area contributed by atoms with Gasteiger partial charge in [-0.15, -0.1) is 0 Å². The van der Waals surface area contributed by atoms with E-state index in [1.54, 1.807) is 0 Å². The molecule has 0 aliphatic carbocycles. The molecule has 1 aromatic carbocycles. The highest BCUT2D eigenvalue weighted by Gasteiger charge is 2.00. The zero-order valence-electron chi connectivity index (χ0n) is 7.42. The van der Waals surface area contributed by atoms with Crippen LogP contribution in [0.4, 0.5) is 0 Å². The number of hydrogen-bond acceptors (Lipinski definition) is 2. The van der Waals surface area contributed by atoms with Crippen molar-refractivity contribution in [3.63, 3.8) is 0 Å². The lowest BCUT2D eigenvalue weighted by Crippen LogP contribution is -1.83. The van der Waals surface area contributed by atoms with Crippen molar-refractivity contribution in [1.82, 2.24) is 0 Å². The van der Waals surface area contributed by atoms with Crippen molar-refractivity contribution in [3.8, 4) is 0 Å². The van der Waals surface area contributed by atoms with Crippen LogP contribution in [0.3, 0.4) is 0 Å². The van der Waals surface area contributed by atoms with E-state index >= 15 is 0 Å². The lowest BCUT2D eigenvalue weighted by atomic mass is 10.2. The van der Waals surface area contributed by atoms with Gasteiger partial charge >= 0.3 is 0 Å². The monoisotopic (exact) mass is 262 g/mol. The summed E-state index contributed by atoms with van der Waals surface area (Å²) in [5.74, 6) is 0. The lowest BCUT2D eigenvalue weighted by molar-refractivity contribution is 0.350. The first-order valence-electron chi connectivity index (χ1n) is 4.12. The smallest absolute Gasteiger partial charge is 0.195 e. The summed E-state index contributed by atoms with van der Waals surface area (Å²) in [6.45, 7) is 2.37. The van der Waals surface area contributed by atoms with Gasteiger partial charge in [0.15, 0.2) is 8.03 Å². The molecule has 1 unspecified atom stereocenters. The molecule has 0 saturated heterocycles. The second-order valence-corrected chi connectivity index (χ2v) is 4.91. The Kier molecular flexibility index (Phi) is 4.71. The van der Waals surface area contributed by atoms with Crippen LogP contribution >= 0.6 is 24.0 Å². The van der Waals surface area contributed by atoms with Crippen LogP contribution in [0.25, 0.3) is 0 Å². The van der Waals surface area contributed by atoms with E-state index < -0.39 is 8.03 Å². The molecule has 0 amide bonds. The second-order valence-electron chi connectivity index (χ2n) is 2.61. The first kappa shape index (κ1) is 11.0. The maximum absolute atomic E-state index is 11.3. The molecule has 0 saturated carbocycles.